The normalized spacial score (nSPS) is 20.0. The maximum absolute atomic E-state index is 14.8. The minimum atomic E-state index is -3.76. The monoisotopic (exact) mass is 492 g/mol. The van der Waals surface area contributed by atoms with E-state index in [0.29, 0.717) is 10.9 Å². The van der Waals surface area contributed by atoms with Crippen LogP contribution in [0.4, 0.5) is 5.69 Å². The van der Waals surface area contributed by atoms with Crippen molar-refractivity contribution in [1.82, 2.24) is 4.90 Å². The zero-order chi connectivity index (χ0) is 25.5. The molecule has 0 radical (unpaired) electrons. The van der Waals surface area contributed by atoms with Crippen LogP contribution in [0.25, 0.3) is 0 Å². The van der Waals surface area contributed by atoms with Gasteiger partial charge in [0, 0.05) is 36.5 Å². The lowest BCUT2D eigenvalue weighted by Gasteiger charge is -2.38. The van der Waals surface area contributed by atoms with Gasteiger partial charge in [-0.25, -0.2) is 0 Å². The van der Waals surface area contributed by atoms with Crippen molar-refractivity contribution >= 4 is 13.3 Å². The van der Waals surface area contributed by atoms with E-state index in [-0.39, 0.29) is 17.9 Å². The first-order valence-corrected chi connectivity index (χ1v) is 14.0. The lowest BCUT2D eigenvalue weighted by atomic mass is 9.93. The number of allylic oxidation sites excluding steroid dienone is 4. The van der Waals surface area contributed by atoms with E-state index in [9.17, 15) is 14.7 Å². The highest BCUT2D eigenvalue weighted by Gasteiger charge is 2.43. The molecule has 190 valence electrons. The van der Waals surface area contributed by atoms with Gasteiger partial charge in [-0.2, -0.15) is 0 Å². The van der Waals surface area contributed by atoms with E-state index in [1.165, 1.54) is 6.07 Å². The van der Waals surface area contributed by atoms with E-state index >= 15 is 0 Å². The Hall–Kier alpha value is -1.95. The summed E-state index contributed by atoms with van der Waals surface area (Å²) in [5.74, 6) is -0.444. The fraction of sp³-hybridized carbons (Fsp3) is 0.615. The second kappa shape index (κ2) is 12.7. The molecule has 0 spiro atoms. The fourth-order valence-electron chi connectivity index (χ4n) is 4.39. The topological polar surface area (TPSA) is 81.9 Å². The predicted octanol–water partition coefficient (Wildman–Crippen LogP) is 8.14. The second-order valence-corrected chi connectivity index (χ2v) is 10.9. The average Bonchev–Trinajstić information content (AvgIpc) is 2.81. The highest BCUT2D eigenvalue weighted by atomic mass is 31.2. The summed E-state index contributed by atoms with van der Waals surface area (Å²) in [6, 6.07) is 6.55. The lowest BCUT2D eigenvalue weighted by Crippen LogP contribution is -2.26. The summed E-state index contributed by atoms with van der Waals surface area (Å²) in [6.45, 7) is 12.1. The molecular formula is C26H41N2O5P. The van der Waals surface area contributed by atoms with E-state index in [0.717, 1.165) is 49.9 Å². The first-order chi connectivity index (χ1) is 16.1. The van der Waals surface area contributed by atoms with Crippen molar-refractivity contribution < 1.29 is 18.5 Å². The summed E-state index contributed by atoms with van der Waals surface area (Å²) in [7, 11) is -1.82. The zero-order valence-corrected chi connectivity index (χ0v) is 22.6. The summed E-state index contributed by atoms with van der Waals surface area (Å²) in [4.78, 5) is 13.1. The van der Waals surface area contributed by atoms with E-state index in [1.807, 2.05) is 51.8 Å². The van der Waals surface area contributed by atoms with Crippen molar-refractivity contribution in [2.75, 3.05) is 7.05 Å². The van der Waals surface area contributed by atoms with E-state index in [1.54, 1.807) is 12.1 Å². The molecule has 1 aliphatic heterocycles. The molecule has 1 aliphatic rings. The molecule has 0 aliphatic carbocycles. The quantitative estimate of drug-likeness (QED) is 0.157. The Bertz CT molecular complexity index is 938. The minimum Gasteiger partial charge on any atom is -0.352 e. The Morgan fingerprint density at radius 1 is 1.06 bits per heavy atom. The average molecular weight is 493 g/mol. The molecule has 8 heteroatoms. The van der Waals surface area contributed by atoms with Crippen LogP contribution in [0, 0.1) is 10.1 Å². The summed E-state index contributed by atoms with van der Waals surface area (Å²) >= 11 is 0. The molecule has 0 aromatic heterocycles. The number of nitro benzene ring substituents is 1. The summed E-state index contributed by atoms with van der Waals surface area (Å²) < 4.78 is 27.7. The second-order valence-electron chi connectivity index (χ2n) is 9.01. The van der Waals surface area contributed by atoms with Crippen molar-refractivity contribution in [3.05, 3.63) is 62.7 Å². The molecule has 34 heavy (non-hydrogen) atoms. The van der Waals surface area contributed by atoms with Crippen molar-refractivity contribution in [2.24, 2.45) is 0 Å². The molecular weight excluding hydrogens is 451 g/mol. The molecule has 1 heterocycles. The summed E-state index contributed by atoms with van der Waals surface area (Å²) in [5, 5.41) is 12.0. The molecule has 0 bridgehead atoms. The van der Waals surface area contributed by atoms with Gasteiger partial charge in [0.1, 0.15) is 0 Å². The smallest absolute Gasteiger partial charge is 0.352 e. The maximum atomic E-state index is 14.8. The van der Waals surface area contributed by atoms with E-state index in [2.05, 4.69) is 13.8 Å². The molecule has 0 saturated carbocycles. The largest absolute Gasteiger partial charge is 0.360 e. The Kier molecular flexibility index (Phi) is 10.5. The van der Waals surface area contributed by atoms with Crippen LogP contribution >= 0.6 is 7.60 Å². The van der Waals surface area contributed by atoms with Gasteiger partial charge in [0.2, 0.25) is 0 Å². The van der Waals surface area contributed by atoms with E-state index in [4.69, 9.17) is 9.05 Å². The van der Waals surface area contributed by atoms with Crippen molar-refractivity contribution in [3.8, 4) is 0 Å². The van der Waals surface area contributed by atoms with Gasteiger partial charge in [0.15, 0.2) is 0 Å². The predicted molar refractivity (Wildman–Crippen MR) is 138 cm³/mol. The van der Waals surface area contributed by atoms with E-state index < -0.39 is 18.4 Å². The molecule has 2 rings (SSSR count). The molecule has 3 atom stereocenters. The lowest BCUT2D eigenvalue weighted by molar-refractivity contribution is -0.384. The number of rotatable bonds is 13. The Morgan fingerprint density at radius 3 is 2.09 bits per heavy atom. The number of hydrogen-bond acceptors (Lipinski definition) is 6. The van der Waals surface area contributed by atoms with Gasteiger partial charge < -0.3 is 13.9 Å². The van der Waals surface area contributed by atoms with Crippen LogP contribution in [0.15, 0.2) is 47.0 Å². The third kappa shape index (κ3) is 6.59. The minimum absolute atomic E-state index is 0.00555. The molecule has 0 fully saturated rings. The van der Waals surface area contributed by atoms with Crippen LogP contribution in [-0.4, -0.2) is 29.1 Å². The molecule has 1 aromatic rings. The molecule has 0 saturated heterocycles. The highest BCUT2D eigenvalue weighted by Crippen LogP contribution is 2.65. The number of nitrogens with zero attached hydrogens (tertiary/aromatic N) is 2. The fourth-order valence-corrected chi connectivity index (χ4v) is 7.07. The molecule has 0 N–H and O–H groups in total. The van der Waals surface area contributed by atoms with Crippen LogP contribution < -0.4 is 0 Å². The summed E-state index contributed by atoms with van der Waals surface area (Å²) in [6.07, 6.45) is 6.46. The number of nitro groups is 1. The highest BCUT2D eigenvalue weighted by molar-refractivity contribution is 7.58. The van der Waals surface area contributed by atoms with Gasteiger partial charge in [-0.1, -0.05) is 58.7 Å². The SMILES string of the molecule is CCCC(CC)OP(=O)(OC(CC)CCC)C1=C(C)N(C)C(C)=CC1c1cccc([N+](=O)[O-])c1. The first kappa shape index (κ1) is 28.3. The molecule has 7 nitrogen and oxygen atoms in total. The molecule has 1 aromatic carbocycles. The summed E-state index contributed by atoms with van der Waals surface area (Å²) in [5.41, 5.74) is 2.49. The number of non-ortho nitro benzene ring substituents is 1. The van der Waals surface area contributed by atoms with Gasteiger partial charge in [0.05, 0.1) is 22.4 Å². The van der Waals surface area contributed by atoms with Crippen LogP contribution in [0.5, 0.6) is 0 Å². The van der Waals surface area contributed by atoms with Crippen LogP contribution in [-0.2, 0) is 13.6 Å². The number of hydrogen-bond donors (Lipinski definition) is 0. The van der Waals surface area contributed by atoms with Crippen LogP contribution in [0.2, 0.25) is 0 Å². The molecule has 0 amide bonds. The van der Waals surface area contributed by atoms with Crippen molar-refractivity contribution in [2.45, 2.75) is 98.2 Å². The Labute approximate surface area is 204 Å². The maximum Gasteiger partial charge on any atom is 0.360 e. The zero-order valence-electron chi connectivity index (χ0n) is 21.7. The van der Waals surface area contributed by atoms with Gasteiger partial charge in [0.25, 0.3) is 5.69 Å². The van der Waals surface area contributed by atoms with Crippen molar-refractivity contribution in [1.29, 1.82) is 0 Å². The van der Waals surface area contributed by atoms with Crippen LogP contribution in [0.1, 0.15) is 91.5 Å². The molecule has 3 unspecified atom stereocenters. The van der Waals surface area contributed by atoms with Crippen molar-refractivity contribution in [3.63, 3.8) is 0 Å². The van der Waals surface area contributed by atoms with Gasteiger partial charge in [-0.3, -0.25) is 14.7 Å². The first-order valence-electron chi connectivity index (χ1n) is 12.5. The standard InChI is InChI=1S/C26H41N2O5P/c1-8-13-23(10-3)32-34(31,33-24(11-4)14-9-2)26-20(6)27(7)19(5)17-25(26)21-15-12-16-22(18-21)28(29)30/h12,15-18,23-25H,8-11,13-14H2,1-7H3. The van der Waals surface area contributed by atoms with Gasteiger partial charge >= 0.3 is 7.60 Å². The van der Waals surface area contributed by atoms with Gasteiger partial charge in [-0.15, -0.1) is 0 Å². The third-order valence-electron chi connectivity index (χ3n) is 6.55. The number of benzene rings is 1. The Morgan fingerprint density at radius 2 is 1.62 bits per heavy atom. The third-order valence-corrected chi connectivity index (χ3v) is 8.89. The van der Waals surface area contributed by atoms with Crippen LogP contribution in [0.3, 0.4) is 0 Å². The van der Waals surface area contributed by atoms with Gasteiger partial charge in [-0.05, 0) is 45.1 Å². The Balaban J connectivity index is 2.70.